The molecule has 2 amide bonds. The van der Waals surface area contributed by atoms with Crippen molar-refractivity contribution in [3.63, 3.8) is 0 Å². The number of alkyl carbamates (subject to hydrolysis) is 1. The van der Waals surface area contributed by atoms with Gasteiger partial charge in [-0.25, -0.2) is 4.79 Å². The average Bonchev–Trinajstić information content (AvgIpc) is 3.38. The van der Waals surface area contributed by atoms with Gasteiger partial charge < -0.3 is 40.3 Å². The van der Waals surface area contributed by atoms with E-state index in [1.807, 2.05) is 24.3 Å². The van der Waals surface area contributed by atoms with Crippen LogP contribution in [0.1, 0.15) is 43.7 Å². The molecule has 46 heavy (non-hydrogen) atoms. The van der Waals surface area contributed by atoms with Crippen LogP contribution >= 0.6 is 23.4 Å². The molecule has 1 aliphatic carbocycles. The smallest absolute Gasteiger partial charge is 0.407 e. The van der Waals surface area contributed by atoms with Crippen molar-refractivity contribution in [2.24, 2.45) is 11.8 Å². The molecule has 2 aromatic carbocycles. The van der Waals surface area contributed by atoms with Crippen LogP contribution in [0.4, 0.5) is 4.79 Å². The number of carbonyl (C=O) groups excluding carboxylic acids is 2. The summed E-state index contributed by atoms with van der Waals surface area (Å²) in [7, 11) is 0. The number of amides is 2. The van der Waals surface area contributed by atoms with Gasteiger partial charge in [0.2, 0.25) is 5.91 Å². The highest BCUT2D eigenvalue weighted by atomic mass is 35.5. The molecule has 0 spiro atoms. The Hall–Kier alpha value is -2.38. The van der Waals surface area contributed by atoms with Gasteiger partial charge >= 0.3 is 6.09 Å². The van der Waals surface area contributed by atoms with Gasteiger partial charge in [-0.1, -0.05) is 61.9 Å². The highest BCUT2D eigenvalue weighted by Gasteiger charge is 2.48. The molecule has 0 radical (unpaired) electrons. The van der Waals surface area contributed by atoms with Gasteiger partial charge in [-0.3, -0.25) is 4.79 Å². The van der Waals surface area contributed by atoms with Gasteiger partial charge in [-0.05, 0) is 47.8 Å². The summed E-state index contributed by atoms with van der Waals surface area (Å²) >= 11 is 7.69. The Morgan fingerprint density at radius 3 is 2.30 bits per heavy atom. The van der Waals surface area contributed by atoms with Crippen LogP contribution in [-0.4, -0.2) is 113 Å². The van der Waals surface area contributed by atoms with Crippen LogP contribution in [-0.2, 0) is 14.3 Å². The highest BCUT2D eigenvalue weighted by molar-refractivity contribution is 7.99. The van der Waals surface area contributed by atoms with Crippen molar-refractivity contribution in [2.75, 3.05) is 39.0 Å². The van der Waals surface area contributed by atoms with Crippen molar-refractivity contribution in [3.8, 4) is 11.1 Å². The molecule has 2 aromatic rings. The van der Waals surface area contributed by atoms with Gasteiger partial charge in [0.25, 0.3) is 0 Å². The summed E-state index contributed by atoms with van der Waals surface area (Å²) in [5, 5.41) is 36.6. The number of benzene rings is 2. The number of ether oxygens (including phenoxy) is 2. The number of carbonyl (C=O) groups is 2. The van der Waals surface area contributed by atoms with Crippen molar-refractivity contribution in [2.45, 2.75) is 73.9 Å². The third-order valence-corrected chi connectivity index (χ3v) is 10.7. The molecule has 2 heterocycles. The van der Waals surface area contributed by atoms with Gasteiger partial charge in [0.15, 0.2) is 0 Å². The largest absolute Gasteiger partial charge is 0.449 e. The minimum absolute atomic E-state index is 0.00979. The van der Waals surface area contributed by atoms with Gasteiger partial charge in [-0.15, -0.1) is 23.4 Å². The monoisotopic (exact) mass is 675 g/mol. The van der Waals surface area contributed by atoms with Crippen molar-refractivity contribution < 1.29 is 34.4 Å². The predicted octanol–water partition coefficient (Wildman–Crippen LogP) is 3.16. The van der Waals surface area contributed by atoms with E-state index >= 15 is 0 Å². The minimum atomic E-state index is -1.43. The molecule has 3 aliphatic rings. The second kappa shape index (κ2) is 15.7. The van der Waals surface area contributed by atoms with E-state index in [9.17, 15) is 24.9 Å². The average molecular weight is 676 g/mol. The van der Waals surface area contributed by atoms with E-state index in [0.717, 1.165) is 24.1 Å². The Kier molecular flexibility index (Phi) is 11.9. The van der Waals surface area contributed by atoms with Crippen LogP contribution in [0.2, 0.25) is 0 Å². The predicted molar refractivity (Wildman–Crippen MR) is 179 cm³/mol. The number of hydrogen-bond donors (Lipinski definition) is 5. The maximum absolute atomic E-state index is 13.6. The van der Waals surface area contributed by atoms with Gasteiger partial charge in [0.05, 0.1) is 17.3 Å². The number of aliphatic hydroxyl groups is 3. The standard InChI is InChI=1S/C34H46ClN3O7S/c1-4-20-15-21(32(42)37-27(19(2)35)31-29(40)28(39)30(41)33(45-31)46-3)17-38(16-20)14-13-36-34(43)44-18-26-24-11-7-5-9-22(24)23-10-6-8-12-25(23)26/h5-12,19-21,26-31,33,39-41H,4,13-18H2,1-3H3,(H,36,43)(H,37,42)/t19?,20?,21?,27?,28-,29-,30?,31?,33-/m1/s1. The quantitative estimate of drug-likeness (QED) is 0.227. The second-order valence-corrected chi connectivity index (χ2v) is 14.2. The normalized spacial score (nSPS) is 29.3. The van der Waals surface area contributed by atoms with E-state index in [2.05, 4.69) is 46.7 Å². The number of nitrogens with one attached hydrogen (secondary N) is 2. The number of nitrogens with zero attached hydrogens (tertiary/aromatic N) is 1. The van der Waals surface area contributed by atoms with Crippen LogP contribution in [0.15, 0.2) is 48.5 Å². The Morgan fingerprint density at radius 1 is 1.04 bits per heavy atom. The maximum Gasteiger partial charge on any atom is 0.407 e. The van der Waals surface area contributed by atoms with Crippen LogP contribution in [0.3, 0.4) is 0 Å². The summed E-state index contributed by atoms with van der Waals surface area (Å²) in [6.45, 7) is 6.29. The van der Waals surface area contributed by atoms with E-state index in [-0.39, 0.29) is 24.3 Å². The molecule has 0 bridgehead atoms. The fourth-order valence-corrected chi connectivity index (χ4v) is 7.93. The van der Waals surface area contributed by atoms with Crippen molar-refractivity contribution >= 4 is 35.4 Å². The second-order valence-electron chi connectivity index (χ2n) is 12.6. The van der Waals surface area contributed by atoms with Crippen LogP contribution in [0.5, 0.6) is 0 Å². The zero-order chi connectivity index (χ0) is 33.0. The fraction of sp³-hybridized carbons (Fsp3) is 0.588. The van der Waals surface area contributed by atoms with E-state index in [1.165, 1.54) is 22.9 Å². The van der Waals surface area contributed by atoms with Gasteiger partial charge in [0, 0.05) is 32.1 Å². The Balaban J connectivity index is 1.13. The molecule has 10 nitrogen and oxygen atoms in total. The number of rotatable bonds is 11. The first-order valence-corrected chi connectivity index (χ1v) is 17.8. The lowest BCUT2D eigenvalue weighted by atomic mass is 9.86. The van der Waals surface area contributed by atoms with Crippen LogP contribution < -0.4 is 10.6 Å². The lowest BCUT2D eigenvalue weighted by Gasteiger charge is -2.44. The molecule has 0 aromatic heterocycles. The van der Waals surface area contributed by atoms with E-state index in [0.29, 0.717) is 32.0 Å². The molecule has 9 atom stereocenters. The third kappa shape index (κ3) is 7.67. The molecular weight excluding hydrogens is 630 g/mol. The molecule has 2 fully saturated rings. The van der Waals surface area contributed by atoms with Crippen molar-refractivity contribution in [3.05, 3.63) is 59.7 Å². The molecule has 2 saturated heterocycles. The first kappa shape index (κ1) is 34.9. The first-order chi connectivity index (χ1) is 22.1. The lowest BCUT2D eigenvalue weighted by molar-refractivity contribution is -0.205. The molecule has 12 heteroatoms. The van der Waals surface area contributed by atoms with E-state index in [1.54, 1.807) is 13.2 Å². The summed E-state index contributed by atoms with van der Waals surface area (Å²) in [4.78, 5) is 28.5. The number of halogens is 1. The molecule has 252 valence electrons. The first-order valence-electron chi connectivity index (χ1n) is 16.1. The minimum Gasteiger partial charge on any atom is -0.449 e. The van der Waals surface area contributed by atoms with Crippen LogP contribution in [0, 0.1) is 11.8 Å². The van der Waals surface area contributed by atoms with E-state index < -0.39 is 47.4 Å². The summed E-state index contributed by atoms with van der Waals surface area (Å²) in [6.07, 6.45) is -2.23. The van der Waals surface area contributed by atoms with Gasteiger partial charge in [0.1, 0.15) is 36.5 Å². The summed E-state index contributed by atoms with van der Waals surface area (Å²) < 4.78 is 11.6. The zero-order valence-corrected chi connectivity index (χ0v) is 28.1. The van der Waals surface area contributed by atoms with Gasteiger partial charge in [-0.2, -0.15) is 0 Å². The number of likely N-dealkylation sites (tertiary alicyclic amines) is 1. The molecule has 5 N–H and O–H groups in total. The number of aliphatic hydroxyl groups excluding tert-OH is 3. The molecule has 2 aliphatic heterocycles. The summed E-state index contributed by atoms with van der Waals surface area (Å²) in [6, 6.07) is 15.6. The number of hydrogen-bond acceptors (Lipinski definition) is 9. The maximum atomic E-state index is 13.6. The fourth-order valence-electron chi connectivity index (χ4n) is 7.04. The highest BCUT2D eigenvalue weighted by Crippen LogP contribution is 2.44. The Morgan fingerprint density at radius 2 is 1.70 bits per heavy atom. The topological polar surface area (TPSA) is 141 Å². The van der Waals surface area contributed by atoms with Crippen molar-refractivity contribution in [1.29, 1.82) is 0 Å². The zero-order valence-electron chi connectivity index (χ0n) is 26.6. The number of alkyl halides is 1. The van der Waals surface area contributed by atoms with E-state index in [4.69, 9.17) is 21.1 Å². The molecular formula is C34H46ClN3O7S. The summed E-state index contributed by atoms with van der Waals surface area (Å²) in [5.74, 6) is -0.259. The SMILES string of the molecule is CCC1CC(C(=O)NC(C(C)Cl)C2O[C@H](SC)C(O)[C@H](O)[C@H]2O)CN(CCNC(=O)OCC2c3ccccc3-c3ccccc32)C1. The molecule has 0 saturated carbocycles. The Bertz CT molecular complexity index is 1300. The number of thioether (sulfide) groups is 1. The lowest BCUT2D eigenvalue weighted by Crippen LogP contribution is -2.65. The summed E-state index contributed by atoms with van der Waals surface area (Å²) in [5.41, 5.74) is 3.91. The number of fused-ring (bicyclic) bond motifs is 3. The third-order valence-electron chi connectivity index (χ3n) is 9.60. The molecule has 5 rings (SSSR count). The van der Waals surface area contributed by atoms with Crippen LogP contribution in [0.25, 0.3) is 11.1 Å². The molecule has 6 unspecified atom stereocenters. The van der Waals surface area contributed by atoms with Crippen molar-refractivity contribution in [1.82, 2.24) is 15.5 Å². The number of piperidine rings is 1. The Labute approximate surface area is 280 Å².